The molecule has 1 N–H and O–H groups in total. The fraction of sp³-hybridized carbons (Fsp3) is 0.222. The zero-order valence-corrected chi connectivity index (χ0v) is 13.2. The van der Waals surface area contributed by atoms with Gasteiger partial charge in [-0.2, -0.15) is 0 Å². The molecule has 1 amide bonds. The molecule has 2 aromatic carbocycles. The molecule has 0 saturated carbocycles. The lowest BCUT2D eigenvalue weighted by Gasteiger charge is -2.16. The van der Waals surface area contributed by atoms with Crippen LogP contribution >= 0.6 is 0 Å². The minimum absolute atomic E-state index is 0.0467. The molecule has 4 nitrogen and oxygen atoms in total. The monoisotopic (exact) mass is 314 g/mol. The number of hydrogen-bond acceptors (Lipinski definition) is 3. The second-order valence-electron chi connectivity index (χ2n) is 5.48. The minimum atomic E-state index is -0.278. The van der Waals surface area contributed by atoms with Crippen LogP contribution in [0.4, 0.5) is 10.1 Å². The van der Waals surface area contributed by atoms with Crippen LogP contribution in [-0.2, 0) is 11.3 Å². The third kappa shape index (κ3) is 5.30. The van der Waals surface area contributed by atoms with Crippen LogP contribution in [0.2, 0.25) is 0 Å². The van der Waals surface area contributed by atoms with Gasteiger partial charge < -0.3 is 5.32 Å². The van der Waals surface area contributed by atoms with Gasteiger partial charge in [0.05, 0.1) is 6.54 Å². The lowest BCUT2D eigenvalue weighted by atomic mass is 10.1. The first-order valence-corrected chi connectivity index (χ1v) is 7.28. The number of Topliss-reactive ketones (excluding diaryl/α,β-unsaturated/α-hetero) is 1. The molecule has 0 fully saturated rings. The Bertz CT molecular complexity index is 698. The van der Waals surface area contributed by atoms with Crippen molar-refractivity contribution in [3.63, 3.8) is 0 Å². The summed E-state index contributed by atoms with van der Waals surface area (Å²) >= 11 is 0. The molecule has 0 saturated heterocycles. The number of amides is 1. The number of halogens is 1. The van der Waals surface area contributed by atoms with E-state index in [1.165, 1.54) is 19.1 Å². The van der Waals surface area contributed by atoms with Crippen molar-refractivity contribution in [1.82, 2.24) is 4.90 Å². The highest BCUT2D eigenvalue weighted by atomic mass is 19.1. The molecular formula is C18H19FN2O2. The summed E-state index contributed by atoms with van der Waals surface area (Å²) in [5.41, 5.74) is 2.08. The van der Waals surface area contributed by atoms with E-state index in [2.05, 4.69) is 5.32 Å². The van der Waals surface area contributed by atoms with Crippen molar-refractivity contribution in [1.29, 1.82) is 0 Å². The van der Waals surface area contributed by atoms with Crippen LogP contribution < -0.4 is 5.32 Å². The molecule has 0 aromatic heterocycles. The van der Waals surface area contributed by atoms with Crippen LogP contribution in [0.5, 0.6) is 0 Å². The number of likely N-dealkylation sites (N-methyl/N-ethyl adjacent to an activating group) is 1. The number of hydrogen-bond donors (Lipinski definition) is 1. The minimum Gasteiger partial charge on any atom is -0.325 e. The molecule has 2 aromatic rings. The van der Waals surface area contributed by atoms with Crippen LogP contribution in [-0.4, -0.2) is 30.2 Å². The van der Waals surface area contributed by atoms with E-state index in [9.17, 15) is 14.0 Å². The molecular weight excluding hydrogens is 295 g/mol. The molecule has 0 unspecified atom stereocenters. The van der Waals surface area contributed by atoms with E-state index < -0.39 is 0 Å². The molecule has 5 heteroatoms. The van der Waals surface area contributed by atoms with Crippen molar-refractivity contribution in [2.24, 2.45) is 0 Å². The topological polar surface area (TPSA) is 49.4 Å². The number of carbonyl (C=O) groups is 2. The maximum absolute atomic E-state index is 12.9. The van der Waals surface area contributed by atoms with E-state index in [0.717, 1.165) is 5.56 Å². The van der Waals surface area contributed by atoms with Crippen molar-refractivity contribution < 1.29 is 14.0 Å². The summed E-state index contributed by atoms with van der Waals surface area (Å²) in [5.74, 6) is -0.496. The van der Waals surface area contributed by atoms with E-state index >= 15 is 0 Å². The fourth-order valence-electron chi connectivity index (χ4n) is 2.22. The largest absolute Gasteiger partial charge is 0.325 e. The predicted octanol–water partition coefficient (Wildman–Crippen LogP) is 3.10. The summed E-state index contributed by atoms with van der Waals surface area (Å²) in [6.45, 7) is 2.22. The number of carbonyl (C=O) groups excluding carboxylic acids is 2. The maximum atomic E-state index is 12.9. The second kappa shape index (κ2) is 7.65. The van der Waals surface area contributed by atoms with E-state index in [4.69, 9.17) is 0 Å². The zero-order chi connectivity index (χ0) is 16.8. The summed E-state index contributed by atoms with van der Waals surface area (Å²) in [6, 6.07) is 13.0. The average Bonchev–Trinajstić information content (AvgIpc) is 2.49. The highest BCUT2D eigenvalue weighted by Gasteiger charge is 2.09. The number of anilines is 1. The summed E-state index contributed by atoms with van der Waals surface area (Å²) in [5, 5.41) is 2.77. The van der Waals surface area contributed by atoms with E-state index in [1.807, 2.05) is 11.9 Å². The summed E-state index contributed by atoms with van der Waals surface area (Å²) in [4.78, 5) is 25.2. The quantitative estimate of drug-likeness (QED) is 0.834. The molecule has 0 aliphatic heterocycles. The number of nitrogens with zero attached hydrogens (tertiary/aromatic N) is 1. The zero-order valence-electron chi connectivity index (χ0n) is 13.2. The Labute approximate surface area is 134 Å². The van der Waals surface area contributed by atoms with Crippen LogP contribution in [0.3, 0.4) is 0 Å². The Balaban J connectivity index is 1.90. The Morgan fingerprint density at radius 1 is 1.13 bits per heavy atom. The van der Waals surface area contributed by atoms with Gasteiger partial charge in [0.25, 0.3) is 0 Å². The van der Waals surface area contributed by atoms with Gasteiger partial charge in [-0.1, -0.05) is 24.3 Å². The molecule has 0 aliphatic rings. The molecule has 0 bridgehead atoms. The first-order valence-electron chi connectivity index (χ1n) is 7.28. The van der Waals surface area contributed by atoms with Crippen molar-refractivity contribution >= 4 is 17.4 Å². The van der Waals surface area contributed by atoms with Gasteiger partial charge in [0, 0.05) is 17.8 Å². The third-order valence-corrected chi connectivity index (χ3v) is 3.33. The molecule has 2 rings (SSSR count). The van der Waals surface area contributed by atoms with Gasteiger partial charge in [-0.3, -0.25) is 14.5 Å². The van der Waals surface area contributed by atoms with Gasteiger partial charge in [-0.05, 0) is 43.8 Å². The van der Waals surface area contributed by atoms with Gasteiger partial charge in [-0.15, -0.1) is 0 Å². The Kier molecular flexibility index (Phi) is 5.60. The molecule has 120 valence electrons. The lowest BCUT2D eigenvalue weighted by Crippen LogP contribution is -2.29. The standard InChI is InChI=1S/C18H19FN2O2/c1-13(22)15-4-3-5-17(10-15)20-18(23)12-21(2)11-14-6-8-16(19)9-7-14/h3-10H,11-12H2,1-2H3,(H,20,23). The van der Waals surface area contributed by atoms with Gasteiger partial charge >= 0.3 is 0 Å². The first-order chi connectivity index (χ1) is 10.9. The molecule has 0 radical (unpaired) electrons. The second-order valence-corrected chi connectivity index (χ2v) is 5.48. The fourth-order valence-corrected chi connectivity index (χ4v) is 2.22. The Hall–Kier alpha value is -2.53. The van der Waals surface area contributed by atoms with E-state index in [0.29, 0.717) is 17.8 Å². The molecule has 0 aliphatic carbocycles. The number of nitrogens with one attached hydrogen (secondary N) is 1. The Morgan fingerprint density at radius 3 is 2.48 bits per heavy atom. The van der Waals surface area contributed by atoms with Crippen LogP contribution in [0.25, 0.3) is 0 Å². The van der Waals surface area contributed by atoms with Gasteiger partial charge in [-0.25, -0.2) is 4.39 Å². The predicted molar refractivity (Wildman–Crippen MR) is 87.8 cm³/mol. The van der Waals surface area contributed by atoms with Crippen LogP contribution in [0.15, 0.2) is 48.5 Å². The lowest BCUT2D eigenvalue weighted by molar-refractivity contribution is -0.117. The Morgan fingerprint density at radius 2 is 1.83 bits per heavy atom. The van der Waals surface area contributed by atoms with Crippen LogP contribution in [0, 0.1) is 5.82 Å². The highest BCUT2D eigenvalue weighted by Crippen LogP contribution is 2.11. The normalized spacial score (nSPS) is 10.6. The number of rotatable bonds is 6. The van der Waals surface area contributed by atoms with Gasteiger partial charge in [0.2, 0.25) is 5.91 Å². The molecule has 23 heavy (non-hydrogen) atoms. The van der Waals surface area contributed by atoms with Crippen molar-refractivity contribution in [2.45, 2.75) is 13.5 Å². The van der Waals surface area contributed by atoms with Gasteiger partial charge in [0.1, 0.15) is 5.82 Å². The van der Waals surface area contributed by atoms with Crippen molar-refractivity contribution in [3.8, 4) is 0 Å². The van der Waals surface area contributed by atoms with Crippen molar-refractivity contribution in [3.05, 3.63) is 65.5 Å². The molecule has 0 heterocycles. The molecule has 0 atom stereocenters. The van der Waals surface area contributed by atoms with E-state index in [-0.39, 0.29) is 24.1 Å². The smallest absolute Gasteiger partial charge is 0.238 e. The van der Waals surface area contributed by atoms with Crippen molar-refractivity contribution in [2.75, 3.05) is 18.9 Å². The first kappa shape index (κ1) is 16.8. The highest BCUT2D eigenvalue weighted by molar-refractivity contribution is 5.97. The maximum Gasteiger partial charge on any atom is 0.238 e. The summed E-state index contributed by atoms with van der Waals surface area (Å²) in [7, 11) is 1.81. The number of ketones is 1. The van der Waals surface area contributed by atoms with Gasteiger partial charge in [0.15, 0.2) is 5.78 Å². The SMILES string of the molecule is CC(=O)c1cccc(NC(=O)CN(C)Cc2ccc(F)cc2)c1. The van der Waals surface area contributed by atoms with E-state index in [1.54, 1.807) is 36.4 Å². The third-order valence-electron chi connectivity index (χ3n) is 3.33. The molecule has 0 spiro atoms. The summed E-state index contributed by atoms with van der Waals surface area (Å²) < 4.78 is 12.9. The average molecular weight is 314 g/mol. The number of benzene rings is 2. The summed E-state index contributed by atoms with van der Waals surface area (Å²) in [6.07, 6.45) is 0. The van der Waals surface area contributed by atoms with Crippen LogP contribution in [0.1, 0.15) is 22.8 Å².